The Labute approximate surface area is 456 Å². The highest BCUT2D eigenvalue weighted by Gasteiger charge is 2.43. The largest absolute Gasteiger partial charge is 0.507 e. The van der Waals surface area contributed by atoms with Crippen LogP contribution in [0.3, 0.4) is 0 Å². The molecule has 0 fully saturated rings. The Morgan fingerprint density at radius 2 is 0.613 bits per heavy atom. The molecule has 2 N–H and O–H groups in total. The van der Waals surface area contributed by atoms with E-state index in [1.165, 1.54) is 33.4 Å². The maximum atomic E-state index is 12.7. The zero-order chi connectivity index (χ0) is 56.3. The van der Waals surface area contributed by atoms with E-state index in [-0.39, 0.29) is 44.0 Å². The fourth-order valence-corrected chi connectivity index (χ4v) is 13.8. The number of benzene rings is 6. The molecule has 0 saturated carbocycles. The predicted molar refractivity (Wildman–Crippen MR) is 327 cm³/mol. The van der Waals surface area contributed by atoms with Gasteiger partial charge in [0.25, 0.3) is 0 Å². The number of hydrogen-bond acceptors (Lipinski definition) is 4. The van der Waals surface area contributed by atoms with Crippen molar-refractivity contribution in [2.45, 2.75) is 210 Å². The second-order valence-electron chi connectivity index (χ2n) is 29.1. The summed E-state index contributed by atoms with van der Waals surface area (Å²) >= 11 is 0. The molecule has 0 atom stereocenters. The lowest BCUT2D eigenvalue weighted by atomic mass is 9.78. The Bertz CT molecular complexity index is 2760. The van der Waals surface area contributed by atoms with E-state index < -0.39 is 8.07 Å². The van der Waals surface area contributed by atoms with E-state index >= 15 is 0 Å². The molecule has 404 valence electrons. The van der Waals surface area contributed by atoms with Gasteiger partial charge in [-0.25, -0.2) is 0 Å². The van der Waals surface area contributed by atoms with Gasteiger partial charge in [-0.2, -0.15) is 0 Å². The van der Waals surface area contributed by atoms with E-state index in [4.69, 9.17) is 9.47 Å². The van der Waals surface area contributed by atoms with Gasteiger partial charge in [-0.1, -0.05) is 201 Å². The Hall–Kier alpha value is -5.26. The minimum atomic E-state index is -2.51. The van der Waals surface area contributed by atoms with Crippen LogP contribution >= 0.6 is 0 Å². The summed E-state index contributed by atoms with van der Waals surface area (Å²) in [6.07, 6.45) is 1.03. The second-order valence-corrected chi connectivity index (χ2v) is 34.4. The molecular weight excluding hydrogens is 933 g/mol. The normalized spacial score (nSPS) is 13.3. The van der Waals surface area contributed by atoms with Crippen molar-refractivity contribution in [2.24, 2.45) is 0 Å². The van der Waals surface area contributed by atoms with Crippen LogP contribution in [0.4, 0.5) is 0 Å². The Kier molecular flexibility index (Phi) is 16.5. The molecule has 4 nitrogen and oxygen atoms in total. The van der Waals surface area contributed by atoms with Crippen LogP contribution in [-0.4, -0.2) is 30.7 Å². The van der Waals surface area contributed by atoms with E-state index in [0.29, 0.717) is 23.5 Å². The van der Waals surface area contributed by atoms with Crippen LogP contribution in [0.5, 0.6) is 23.0 Å². The van der Waals surface area contributed by atoms with Crippen LogP contribution in [0.1, 0.15) is 197 Å². The molecular formula is C70H96O4Si. The maximum absolute atomic E-state index is 12.7. The molecule has 0 bridgehead atoms. The van der Waals surface area contributed by atoms with Gasteiger partial charge in [0.15, 0.2) is 0 Å². The second kappa shape index (κ2) is 20.9. The number of rotatable bonds is 12. The molecule has 0 amide bonds. The first-order chi connectivity index (χ1) is 34.2. The van der Waals surface area contributed by atoms with Gasteiger partial charge in [-0.15, -0.1) is 0 Å². The van der Waals surface area contributed by atoms with E-state index in [9.17, 15) is 10.2 Å². The minimum Gasteiger partial charge on any atom is -0.507 e. The van der Waals surface area contributed by atoms with Crippen molar-refractivity contribution < 1.29 is 19.7 Å². The van der Waals surface area contributed by atoms with E-state index in [0.717, 1.165) is 67.1 Å². The van der Waals surface area contributed by atoms with Crippen molar-refractivity contribution in [1.82, 2.24) is 0 Å². The molecule has 0 aromatic heterocycles. The van der Waals surface area contributed by atoms with Gasteiger partial charge >= 0.3 is 0 Å². The number of ether oxygens (including phenoxy) is 2. The molecule has 0 aliphatic rings. The molecule has 0 unspecified atom stereocenters. The lowest BCUT2D eigenvalue weighted by molar-refractivity contribution is 0.335. The van der Waals surface area contributed by atoms with E-state index in [1.54, 1.807) is 0 Å². The van der Waals surface area contributed by atoms with Gasteiger partial charge in [0.1, 0.15) is 31.1 Å². The van der Waals surface area contributed by atoms with Gasteiger partial charge < -0.3 is 19.7 Å². The number of phenols is 2. The minimum absolute atomic E-state index is 0.0769. The van der Waals surface area contributed by atoms with Crippen LogP contribution < -0.4 is 9.47 Å². The Balaban J connectivity index is 1.47. The molecule has 75 heavy (non-hydrogen) atoms. The Morgan fingerprint density at radius 1 is 0.347 bits per heavy atom. The maximum Gasteiger partial charge on any atom is 0.146 e. The summed E-state index contributed by atoms with van der Waals surface area (Å²) in [6, 6.07) is 35.3. The third-order valence-electron chi connectivity index (χ3n) is 16.0. The third-order valence-corrected chi connectivity index (χ3v) is 22.0. The van der Waals surface area contributed by atoms with Gasteiger partial charge in [-0.05, 0) is 162 Å². The van der Waals surface area contributed by atoms with Crippen LogP contribution in [0.15, 0.2) is 97.1 Å². The van der Waals surface area contributed by atoms with Gasteiger partial charge in [0, 0.05) is 33.4 Å². The highest BCUT2D eigenvalue weighted by molar-refractivity contribution is 6.82. The zero-order valence-electron chi connectivity index (χ0n) is 51.0. The molecule has 5 heteroatoms. The van der Waals surface area contributed by atoms with Gasteiger partial charge in [-0.3, -0.25) is 0 Å². The van der Waals surface area contributed by atoms with Crippen molar-refractivity contribution >= 4 is 8.07 Å². The molecule has 6 aromatic carbocycles. The van der Waals surface area contributed by atoms with Crippen LogP contribution in [0.2, 0.25) is 11.1 Å². The van der Waals surface area contributed by atoms with Crippen LogP contribution in [-0.2, 0) is 32.5 Å². The summed E-state index contributed by atoms with van der Waals surface area (Å²) < 4.78 is 14.6. The number of aromatic hydroxyl groups is 2. The fraction of sp³-hybridized carbons (Fsp3) is 0.486. The topological polar surface area (TPSA) is 58.9 Å². The molecule has 0 aliphatic heterocycles. The lowest BCUT2D eigenvalue weighted by Gasteiger charge is -2.39. The standard InChI is InChI=1S/C70H96O4Si/c1-43(2)75(44(3)4,41-73-61-27-25-49(65(7,8)9)39-57(61)59-31-45(5)29-55(63(59)71)47-33-51(67(13,14)15)37-52(34-47)68(16,17)18)42-74-62-28-26-50(66(10,11)12)40-58(62)60-32-46(6)30-56(64(60)72)48-35-53(69(19,20)21)38-54(36-48)70(22,23)24/h25-40,43-44,71-72H,41-42H2,1-24H3. The monoisotopic (exact) mass is 1030 g/mol. The SMILES string of the molecule is Cc1cc(-c2cc(C(C)(C)C)cc(C(C)(C)C)c2)c(O)c(-c2cc(C(C)(C)C)ccc2OC[Si](COc2ccc(C(C)(C)C)cc2-c2cc(C)cc(-c3cc(C(C)(C)C)cc(C(C)(C)C)c3)c2O)(C(C)C)C(C)C)c1. The lowest BCUT2D eigenvalue weighted by Crippen LogP contribution is -2.53. The number of aryl methyl sites for hydroxylation is 2. The third kappa shape index (κ3) is 13.1. The van der Waals surface area contributed by atoms with Gasteiger partial charge in [0.2, 0.25) is 0 Å². The first-order valence-corrected chi connectivity index (χ1v) is 30.3. The number of hydrogen-bond donors (Lipinski definition) is 2. The summed E-state index contributed by atoms with van der Waals surface area (Å²) in [7, 11) is -2.51. The van der Waals surface area contributed by atoms with E-state index in [1.807, 2.05) is 0 Å². The van der Waals surface area contributed by atoms with Crippen molar-refractivity contribution in [3.63, 3.8) is 0 Å². The van der Waals surface area contributed by atoms with Crippen molar-refractivity contribution in [1.29, 1.82) is 0 Å². The molecule has 0 heterocycles. The van der Waals surface area contributed by atoms with E-state index in [2.05, 4.69) is 263 Å². The average Bonchev–Trinajstić information content (AvgIpc) is 3.28. The first-order valence-electron chi connectivity index (χ1n) is 27.8. The summed E-state index contributed by atoms with van der Waals surface area (Å²) in [5, 5.41) is 25.3. The summed E-state index contributed by atoms with van der Waals surface area (Å²) in [4.78, 5) is 0. The first kappa shape index (κ1) is 59.0. The van der Waals surface area contributed by atoms with Crippen LogP contribution in [0.25, 0.3) is 44.5 Å². The van der Waals surface area contributed by atoms with Crippen molar-refractivity contribution in [3.05, 3.63) is 142 Å². The molecule has 0 saturated heterocycles. The van der Waals surface area contributed by atoms with Gasteiger partial charge in [0.05, 0.1) is 12.5 Å². The van der Waals surface area contributed by atoms with Crippen LogP contribution in [0, 0.1) is 13.8 Å². The van der Waals surface area contributed by atoms with Crippen molar-refractivity contribution in [2.75, 3.05) is 12.5 Å². The quantitative estimate of drug-likeness (QED) is 0.120. The average molecular weight is 1030 g/mol. The molecule has 0 spiro atoms. The predicted octanol–water partition coefficient (Wildman–Crippen LogP) is 20.0. The summed E-state index contributed by atoms with van der Waals surface area (Å²) in [6.45, 7) is 54.1. The number of phenolic OH excluding ortho intramolecular Hbond substituents is 2. The summed E-state index contributed by atoms with van der Waals surface area (Å²) in [5.74, 6) is 2.02. The highest BCUT2D eigenvalue weighted by Crippen LogP contribution is 2.49. The fourth-order valence-electron chi connectivity index (χ4n) is 10.2. The highest BCUT2D eigenvalue weighted by atomic mass is 28.3. The summed E-state index contributed by atoms with van der Waals surface area (Å²) in [5.41, 5.74) is 16.4. The molecule has 6 rings (SSSR count). The Morgan fingerprint density at radius 3 is 0.867 bits per heavy atom. The molecule has 0 radical (unpaired) electrons. The smallest absolute Gasteiger partial charge is 0.146 e. The zero-order valence-corrected chi connectivity index (χ0v) is 52.0. The molecule has 6 aromatic rings. The van der Waals surface area contributed by atoms with Crippen molar-refractivity contribution in [3.8, 4) is 67.5 Å². The molecule has 0 aliphatic carbocycles.